The zero-order valence-corrected chi connectivity index (χ0v) is 14.8. The van der Waals surface area contributed by atoms with Crippen molar-refractivity contribution in [3.05, 3.63) is 76.1 Å². The van der Waals surface area contributed by atoms with Gasteiger partial charge in [0.15, 0.2) is 5.69 Å². The van der Waals surface area contributed by atoms with Crippen LogP contribution in [0.4, 0.5) is 5.69 Å². The van der Waals surface area contributed by atoms with Crippen LogP contribution < -0.4 is 11.3 Å². The second-order valence-electron chi connectivity index (χ2n) is 6.14. The summed E-state index contributed by atoms with van der Waals surface area (Å²) < 4.78 is 1.43. The summed E-state index contributed by atoms with van der Waals surface area (Å²) in [5.74, 6) is 0. The molecule has 0 aliphatic heterocycles. The van der Waals surface area contributed by atoms with Gasteiger partial charge < -0.3 is 10.8 Å². The summed E-state index contributed by atoms with van der Waals surface area (Å²) in [6, 6.07) is 12.5. The van der Waals surface area contributed by atoms with E-state index in [2.05, 4.69) is 20.1 Å². The number of fused-ring (bicyclic) bond motifs is 1. The molecule has 4 aromatic rings. The lowest BCUT2D eigenvalue weighted by Gasteiger charge is -2.11. The molecule has 0 unspecified atom stereocenters. The van der Waals surface area contributed by atoms with Gasteiger partial charge in [0.1, 0.15) is 6.73 Å². The fourth-order valence-corrected chi connectivity index (χ4v) is 3.30. The molecule has 2 heterocycles. The van der Waals surface area contributed by atoms with Crippen LogP contribution in [0.3, 0.4) is 0 Å². The maximum atomic E-state index is 12.1. The van der Waals surface area contributed by atoms with Crippen molar-refractivity contribution in [3.8, 4) is 22.4 Å². The molecule has 2 aromatic heterocycles. The predicted molar refractivity (Wildman–Crippen MR) is 105 cm³/mol. The molecule has 8 nitrogen and oxygen atoms in total. The molecule has 0 saturated heterocycles. The van der Waals surface area contributed by atoms with Crippen molar-refractivity contribution in [3.63, 3.8) is 0 Å². The van der Waals surface area contributed by atoms with Crippen molar-refractivity contribution in [2.45, 2.75) is 13.3 Å². The zero-order valence-electron chi connectivity index (χ0n) is 14.8. The number of nitrogens with zero attached hydrogens (tertiary/aromatic N) is 4. The van der Waals surface area contributed by atoms with Gasteiger partial charge in [-0.15, -0.1) is 0 Å². The molecule has 28 heavy (non-hydrogen) atoms. The normalized spacial score (nSPS) is 10.9. The Bertz CT molecular complexity index is 1280. The van der Waals surface area contributed by atoms with Gasteiger partial charge >= 0.3 is 0 Å². The highest BCUT2D eigenvalue weighted by Crippen LogP contribution is 2.38. The Hall–Kier alpha value is -3.80. The zero-order chi connectivity index (χ0) is 19.7. The first-order valence-electron chi connectivity index (χ1n) is 8.53. The van der Waals surface area contributed by atoms with Crippen LogP contribution in [-0.2, 0) is 13.3 Å². The number of H-pyrrole nitrogens is 1. The lowest BCUT2D eigenvalue weighted by molar-refractivity contribution is 0.197. The molecule has 8 heteroatoms. The van der Waals surface area contributed by atoms with E-state index in [4.69, 9.17) is 12.3 Å². The average molecular weight is 372 g/mol. The van der Waals surface area contributed by atoms with E-state index in [-0.39, 0.29) is 18.8 Å². The number of nitrogens with one attached hydrogen (secondary N) is 1. The molecule has 0 saturated carbocycles. The van der Waals surface area contributed by atoms with Crippen molar-refractivity contribution in [1.82, 2.24) is 20.0 Å². The summed E-state index contributed by atoms with van der Waals surface area (Å²) in [7, 11) is 0. The number of aliphatic hydroxyl groups excluding tert-OH is 1. The van der Waals surface area contributed by atoms with E-state index >= 15 is 0 Å². The highest BCUT2D eigenvalue weighted by molar-refractivity contribution is 5.93. The van der Waals surface area contributed by atoms with Crippen LogP contribution >= 0.6 is 0 Å². The average Bonchev–Trinajstić information content (AvgIpc) is 3.17. The van der Waals surface area contributed by atoms with Gasteiger partial charge in [-0.25, -0.2) is 14.6 Å². The van der Waals surface area contributed by atoms with Gasteiger partial charge in [0.25, 0.3) is 5.56 Å². The van der Waals surface area contributed by atoms with Crippen LogP contribution in [0.15, 0.2) is 53.5 Å². The first kappa shape index (κ1) is 17.6. The minimum Gasteiger partial charge on any atom is -0.374 e. The van der Waals surface area contributed by atoms with Crippen LogP contribution in [0.1, 0.15) is 5.69 Å². The van der Waals surface area contributed by atoms with Crippen LogP contribution in [-0.4, -0.2) is 25.1 Å². The third kappa shape index (κ3) is 2.75. The topological polar surface area (TPSA) is 114 Å². The minimum absolute atomic E-state index is 0.181. The molecular weight excluding hydrogens is 356 g/mol. The van der Waals surface area contributed by atoms with E-state index in [0.717, 1.165) is 11.1 Å². The van der Waals surface area contributed by atoms with Gasteiger partial charge in [-0.3, -0.25) is 4.79 Å². The third-order valence-electron chi connectivity index (χ3n) is 4.62. The fraction of sp³-hybridized carbons (Fsp3) is 0.100. The lowest BCUT2D eigenvalue weighted by Crippen LogP contribution is -2.13. The number of aromatic nitrogens is 4. The van der Waals surface area contributed by atoms with Crippen molar-refractivity contribution in [1.29, 1.82) is 0 Å². The minimum atomic E-state index is -0.329. The van der Waals surface area contributed by atoms with Crippen LogP contribution in [0.2, 0.25) is 0 Å². The number of aromatic amines is 1. The third-order valence-corrected chi connectivity index (χ3v) is 4.62. The van der Waals surface area contributed by atoms with E-state index in [1.54, 1.807) is 30.5 Å². The molecule has 0 bridgehead atoms. The first-order chi connectivity index (χ1) is 13.7. The van der Waals surface area contributed by atoms with Crippen LogP contribution in [0, 0.1) is 6.57 Å². The highest BCUT2D eigenvalue weighted by Gasteiger charge is 2.18. The first-order valence-corrected chi connectivity index (χ1v) is 8.53. The van der Waals surface area contributed by atoms with Crippen molar-refractivity contribution >= 4 is 16.5 Å². The Balaban J connectivity index is 2.00. The maximum absolute atomic E-state index is 12.1. The maximum Gasteiger partial charge on any atom is 0.272 e. The second-order valence-corrected chi connectivity index (χ2v) is 6.14. The molecule has 0 amide bonds. The number of benzene rings is 2. The van der Waals surface area contributed by atoms with E-state index in [1.807, 2.05) is 18.2 Å². The number of aliphatic hydroxyl groups is 1. The van der Waals surface area contributed by atoms with Crippen LogP contribution in [0.25, 0.3) is 38.0 Å². The van der Waals surface area contributed by atoms with Gasteiger partial charge in [-0.2, -0.15) is 10.2 Å². The molecule has 0 radical (unpaired) electrons. The van der Waals surface area contributed by atoms with Gasteiger partial charge in [0.2, 0.25) is 0 Å². The van der Waals surface area contributed by atoms with E-state index in [0.29, 0.717) is 33.4 Å². The Kier molecular flexibility index (Phi) is 4.45. The summed E-state index contributed by atoms with van der Waals surface area (Å²) in [4.78, 5) is 15.7. The molecule has 2 aromatic carbocycles. The van der Waals surface area contributed by atoms with Gasteiger partial charge in [-0.05, 0) is 17.7 Å². The molecular formula is C20H16N6O2. The van der Waals surface area contributed by atoms with E-state index < -0.39 is 0 Å². The number of hydrogen-bond acceptors (Lipinski definition) is 5. The second kappa shape index (κ2) is 7.08. The van der Waals surface area contributed by atoms with Crippen LogP contribution in [0.5, 0.6) is 0 Å². The summed E-state index contributed by atoms with van der Waals surface area (Å²) >= 11 is 0. The van der Waals surface area contributed by atoms with Gasteiger partial charge in [0.05, 0.1) is 29.5 Å². The standard InChI is InChI=1S/C20H16N6O2/c1-22-17-5-3-2-4-14(17)19-16(10-23-26(19)11-27)12-6-7-13-15(8-12)18(9-21)24-25-20(13)28/h2-8,10,27H,9,11,21H2,(H,25,28). The molecule has 4 rings (SSSR count). The quantitative estimate of drug-likeness (QED) is 0.476. The summed E-state index contributed by atoms with van der Waals surface area (Å²) in [6.45, 7) is 7.30. The van der Waals surface area contributed by atoms with Gasteiger partial charge in [0, 0.05) is 23.1 Å². The molecule has 0 spiro atoms. The number of nitrogens with two attached hydrogens (primary N) is 1. The van der Waals surface area contributed by atoms with E-state index in [9.17, 15) is 9.90 Å². The Labute approximate surface area is 159 Å². The molecule has 0 aliphatic carbocycles. The lowest BCUT2D eigenvalue weighted by atomic mass is 9.98. The van der Waals surface area contributed by atoms with Crippen molar-refractivity contribution in [2.75, 3.05) is 0 Å². The predicted octanol–water partition coefficient (Wildman–Crippen LogP) is 2.41. The summed E-state index contributed by atoms with van der Waals surface area (Å²) in [6.07, 6.45) is 1.64. The van der Waals surface area contributed by atoms with E-state index in [1.165, 1.54) is 4.68 Å². The number of para-hydroxylation sites is 1. The Morgan fingerprint density at radius 2 is 2.00 bits per heavy atom. The summed E-state index contributed by atoms with van der Waals surface area (Å²) in [5, 5.41) is 21.6. The monoisotopic (exact) mass is 372 g/mol. The molecule has 0 atom stereocenters. The highest BCUT2D eigenvalue weighted by atomic mass is 16.3. The molecule has 4 N–H and O–H groups in total. The number of hydrogen-bond donors (Lipinski definition) is 3. The van der Waals surface area contributed by atoms with Crippen molar-refractivity contribution < 1.29 is 5.11 Å². The number of rotatable bonds is 4. The van der Waals surface area contributed by atoms with Crippen molar-refractivity contribution in [2.24, 2.45) is 5.73 Å². The Morgan fingerprint density at radius 1 is 1.18 bits per heavy atom. The molecule has 0 aliphatic rings. The van der Waals surface area contributed by atoms with Gasteiger partial charge in [-0.1, -0.05) is 30.3 Å². The fourth-order valence-electron chi connectivity index (χ4n) is 3.30. The Morgan fingerprint density at radius 3 is 2.75 bits per heavy atom. The largest absolute Gasteiger partial charge is 0.374 e. The summed E-state index contributed by atoms with van der Waals surface area (Å²) in [5.41, 5.74) is 9.33. The smallest absolute Gasteiger partial charge is 0.272 e. The molecule has 138 valence electrons. The SMILES string of the molecule is [C-]#[N+]c1ccccc1-c1c(-c2ccc3c(=O)[nH]nc(CN)c3c2)cnn1CO. The molecule has 0 fully saturated rings.